The number of benzene rings is 1. The van der Waals surface area contributed by atoms with Gasteiger partial charge in [-0.2, -0.15) is 0 Å². The predicted molar refractivity (Wildman–Crippen MR) is 65.3 cm³/mol. The average Bonchev–Trinajstić information content (AvgIpc) is 3.03. The van der Waals surface area contributed by atoms with Crippen LogP contribution in [0.3, 0.4) is 0 Å². The molecule has 0 radical (unpaired) electrons. The zero-order chi connectivity index (χ0) is 13.1. The smallest absolute Gasteiger partial charge is 0.335 e. The minimum Gasteiger partial charge on any atom is -0.478 e. The lowest BCUT2D eigenvalue weighted by atomic mass is 9.80. The number of carbonyl (C=O) groups is 1. The van der Waals surface area contributed by atoms with E-state index in [4.69, 9.17) is 9.84 Å². The Morgan fingerprint density at radius 2 is 2.17 bits per heavy atom. The second-order valence-electron chi connectivity index (χ2n) is 5.33. The molecule has 0 amide bonds. The first-order valence-corrected chi connectivity index (χ1v) is 5.82. The van der Waals surface area contributed by atoms with E-state index in [1.807, 2.05) is 12.2 Å². The molecule has 1 heterocycles. The van der Waals surface area contributed by atoms with E-state index in [2.05, 4.69) is 0 Å². The van der Waals surface area contributed by atoms with E-state index in [1.54, 1.807) is 32.0 Å². The summed E-state index contributed by atoms with van der Waals surface area (Å²) in [5, 5.41) is 19.1. The van der Waals surface area contributed by atoms with Gasteiger partial charge < -0.3 is 14.9 Å². The highest BCUT2D eigenvalue weighted by Crippen LogP contribution is 2.59. The number of epoxide rings is 1. The molecule has 3 rings (SSSR count). The number of ether oxygens (including phenoxy) is 1. The van der Waals surface area contributed by atoms with E-state index < -0.39 is 17.2 Å². The van der Waals surface area contributed by atoms with Gasteiger partial charge in [0.05, 0.1) is 11.2 Å². The molecule has 1 aromatic carbocycles. The van der Waals surface area contributed by atoms with Crippen molar-refractivity contribution in [2.75, 3.05) is 0 Å². The highest BCUT2D eigenvalue weighted by Gasteiger charge is 2.65. The summed E-state index contributed by atoms with van der Waals surface area (Å²) in [6, 6.07) is 4.96. The molecule has 0 bridgehead atoms. The van der Waals surface area contributed by atoms with Crippen LogP contribution in [-0.2, 0) is 4.74 Å². The van der Waals surface area contributed by atoms with Crippen LogP contribution in [0.5, 0.6) is 0 Å². The minimum absolute atomic E-state index is 0.180. The van der Waals surface area contributed by atoms with Crippen molar-refractivity contribution < 1.29 is 19.7 Å². The first-order valence-electron chi connectivity index (χ1n) is 5.82. The van der Waals surface area contributed by atoms with E-state index >= 15 is 0 Å². The Kier molecular flexibility index (Phi) is 2.04. The van der Waals surface area contributed by atoms with E-state index in [-0.39, 0.29) is 11.7 Å². The van der Waals surface area contributed by atoms with Gasteiger partial charge in [-0.15, -0.1) is 0 Å². The highest BCUT2D eigenvalue weighted by atomic mass is 16.6. The zero-order valence-electron chi connectivity index (χ0n) is 10.2. The fraction of sp³-hybridized carbons (Fsp3) is 0.357. The Hall–Kier alpha value is -1.65. The highest BCUT2D eigenvalue weighted by molar-refractivity contribution is 5.89. The Labute approximate surface area is 105 Å². The van der Waals surface area contributed by atoms with Gasteiger partial charge in [0, 0.05) is 0 Å². The van der Waals surface area contributed by atoms with Gasteiger partial charge in [0.25, 0.3) is 0 Å². The zero-order valence-corrected chi connectivity index (χ0v) is 10.2. The summed E-state index contributed by atoms with van der Waals surface area (Å²) in [4.78, 5) is 10.9. The molecule has 1 aliphatic carbocycles. The SMILES string of the molecule is CC(C)(O)C12C=Cc3cc(C(=O)O)ccc3C1O2. The van der Waals surface area contributed by atoms with Gasteiger partial charge in [-0.25, -0.2) is 4.79 Å². The molecule has 1 fully saturated rings. The van der Waals surface area contributed by atoms with Crippen LogP contribution in [0.25, 0.3) is 6.08 Å². The fourth-order valence-corrected chi connectivity index (χ4v) is 2.56. The van der Waals surface area contributed by atoms with Crippen molar-refractivity contribution >= 4 is 12.0 Å². The lowest BCUT2D eigenvalue weighted by Crippen LogP contribution is -2.39. The minimum atomic E-state index is -0.961. The molecular formula is C14H14O4. The van der Waals surface area contributed by atoms with E-state index in [0.717, 1.165) is 11.1 Å². The second-order valence-corrected chi connectivity index (χ2v) is 5.33. The van der Waals surface area contributed by atoms with Crippen molar-refractivity contribution in [1.82, 2.24) is 0 Å². The molecule has 18 heavy (non-hydrogen) atoms. The summed E-state index contributed by atoms with van der Waals surface area (Å²) >= 11 is 0. The van der Waals surface area contributed by atoms with Crippen LogP contribution >= 0.6 is 0 Å². The van der Waals surface area contributed by atoms with Crippen LogP contribution in [0.1, 0.15) is 41.4 Å². The Bertz CT molecular complexity index is 568. The van der Waals surface area contributed by atoms with Gasteiger partial charge in [-0.3, -0.25) is 0 Å². The van der Waals surface area contributed by atoms with Gasteiger partial charge in [0.15, 0.2) is 0 Å². The van der Waals surface area contributed by atoms with Gasteiger partial charge in [-0.1, -0.05) is 12.1 Å². The lowest BCUT2D eigenvalue weighted by molar-refractivity contribution is 0.0161. The summed E-state index contributed by atoms with van der Waals surface area (Å²) in [6.45, 7) is 3.43. The monoisotopic (exact) mass is 246 g/mol. The Balaban J connectivity index is 2.05. The van der Waals surface area contributed by atoms with Crippen LogP contribution in [0.2, 0.25) is 0 Å². The summed E-state index contributed by atoms with van der Waals surface area (Å²) in [5.74, 6) is -0.942. The molecule has 4 heteroatoms. The van der Waals surface area contributed by atoms with Gasteiger partial charge in [0.2, 0.25) is 0 Å². The number of aromatic carboxylic acids is 1. The predicted octanol–water partition coefficient (Wildman–Crippen LogP) is 1.99. The fourth-order valence-electron chi connectivity index (χ4n) is 2.56. The Morgan fingerprint density at radius 3 is 2.78 bits per heavy atom. The number of hydrogen-bond donors (Lipinski definition) is 2. The normalized spacial score (nSPS) is 28.5. The molecular weight excluding hydrogens is 232 g/mol. The molecule has 1 saturated heterocycles. The Morgan fingerprint density at radius 1 is 1.44 bits per heavy atom. The van der Waals surface area contributed by atoms with Crippen LogP contribution in [-0.4, -0.2) is 27.4 Å². The van der Waals surface area contributed by atoms with E-state index in [9.17, 15) is 9.90 Å². The van der Waals surface area contributed by atoms with Crippen LogP contribution < -0.4 is 0 Å². The van der Waals surface area contributed by atoms with Crippen molar-refractivity contribution in [1.29, 1.82) is 0 Å². The van der Waals surface area contributed by atoms with Crippen LogP contribution in [0.15, 0.2) is 24.3 Å². The number of aliphatic hydroxyl groups is 1. The van der Waals surface area contributed by atoms with Gasteiger partial charge in [0.1, 0.15) is 11.7 Å². The summed E-state index contributed by atoms with van der Waals surface area (Å²) in [6.07, 6.45) is 3.47. The summed E-state index contributed by atoms with van der Waals surface area (Å²) in [5.41, 5.74) is 0.416. The van der Waals surface area contributed by atoms with Crippen LogP contribution in [0.4, 0.5) is 0 Å². The molecule has 2 atom stereocenters. The number of carboxylic acids is 1. The third kappa shape index (κ3) is 1.36. The number of carboxylic acid groups (broad SMARTS) is 1. The molecule has 94 valence electrons. The summed E-state index contributed by atoms with van der Waals surface area (Å²) < 4.78 is 5.67. The van der Waals surface area contributed by atoms with Crippen molar-refractivity contribution in [3.63, 3.8) is 0 Å². The molecule has 4 nitrogen and oxygen atoms in total. The third-order valence-electron chi connectivity index (χ3n) is 3.73. The molecule has 0 spiro atoms. The topological polar surface area (TPSA) is 70.1 Å². The number of fused-ring (bicyclic) bond motifs is 3. The molecule has 2 N–H and O–H groups in total. The molecule has 1 aromatic rings. The standard InChI is InChI=1S/C14H14O4/c1-13(2,17)14-6-5-8-7-9(12(15)16)3-4-10(8)11(14)18-14/h3-7,11,17H,1-2H3,(H,15,16). The van der Waals surface area contributed by atoms with E-state index in [0.29, 0.717) is 0 Å². The first-order chi connectivity index (χ1) is 8.35. The lowest BCUT2D eigenvalue weighted by Gasteiger charge is -2.26. The van der Waals surface area contributed by atoms with Crippen LogP contribution in [0, 0.1) is 0 Å². The van der Waals surface area contributed by atoms with Crippen molar-refractivity contribution in [3.8, 4) is 0 Å². The average molecular weight is 246 g/mol. The summed E-state index contributed by atoms with van der Waals surface area (Å²) in [7, 11) is 0. The van der Waals surface area contributed by atoms with Gasteiger partial charge in [-0.05, 0) is 43.2 Å². The van der Waals surface area contributed by atoms with Crippen molar-refractivity contribution in [2.45, 2.75) is 31.2 Å². The van der Waals surface area contributed by atoms with E-state index in [1.165, 1.54) is 0 Å². The quantitative estimate of drug-likeness (QED) is 0.783. The molecule has 1 aliphatic heterocycles. The molecule has 2 aliphatic rings. The first kappa shape index (κ1) is 11.4. The van der Waals surface area contributed by atoms with Crippen molar-refractivity contribution in [2.24, 2.45) is 0 Å². The molecule has 2 unspecified atom stereocenters. The second kappa shape index (κ2) is 3.22. The van der Waals surface area contributed by atoms with Crippen molar-refractivity contribution in [3.05, 3.63) is 41.0 Å². The largest absolute Gasteiger partial charge is 0.478 e. The molecule has 0 saturated carbocycles. The molecule has 0 aromatic heterocycles. The number of hydrogen-bond acceptors (Lipinski definition) is 3. The number of rotatable bonds is 2. The third-order valence-corrected chi connectivity index (χ3v) is 3.73. The maximum Gasteiger partial charge on any atom is 0.335 e. The maximum atomic E-state index is 10.9. The maximum absolute atomic E-state index is 10.9. The van der Waals surface area contributed by atoms with Gasteiger partial charge >= 0.3 is 5.97 Å².